The van der Waals surface area contributed by atoms with Gasteiger partial charge in [0, 0.05) is 19.8 Å². The van der Waals surface area contributed by atoms with Crippen molar-refractivity contribution in [2.45, 2.75) is 58.2 Å². The number of aromatic hydroxyl groups is 1. The van der Waals surface area contributed by atoms with Gasteiger partial charge in [-0.1, -0.05) is 56.3 Å². The smallest absolute Gasteiger partial charge is 0.243 e. The van der Waals surface area contributed by atoms with E-state index in [-0.39, 0.29) is 24.5 Å². The molecule has 13 heteroatoms. The highest BCUT2D eigenvalue weighted by Crippen LogP contribution is 2.12. The van der Waals surface area contributed by atoms with Crippen LogP contribution >= 0.6 is 0 Å². The lowest BCUT2D eigenvalue weighted by molar-refractivity contribution is -0.132. The summed E-state index contributed by atoms with van der Waals surface area (Å²) in [5.41, 5.74) is 6.89. The van der Waals surface area contributed by atoms with Gasteiger partial charge in [0.15, 0.2) is 0 Å². The Bertz CT molecular complexity index is 1270. The van der Waals surface area contributed by atoms with Crippen LogP contribution in [-0.4, -0.2) is 71.8 Å². The van der Waals surface area contributed by atoms with Crippen molar-refractivity contribution in [2.75, 3.05) is 13.1 Å². The summed E-state index contributed by atoms with van der Waals surface area (Å²) in [7, 11) is 0. The number of primary amides is 1. The number of carbonyl (C=O) groups excluding carboxylic acids is 6. The first-order valence-corrected chi connectivity index (χ1v) is 13.9. The molecule has 0 aromatic heterocycles. The predicted molar refractivity (Wildman–Crippen MR) is 158 cm³/mol. The second kappa shape index (κ2) is 17.1. The van der Waals surface area contributed by atoms with Crippen molar-refractivity contribution in [3.63, 3.8) is 0 Å². The van der Waals surface area contributed by atoms with Crippen LogP contribution in [0.15, 0.2) is 54.6 Å². The lowest BCUT2D eigenvalue weighted by atomic mass is 10.0. The monoisotopic (exact) mass is 596 g/mol. The van der Waals surface area contributed by atoms with E-state index in [4.69, 9.17) is 5.73 Å². The molecule has 0 radical (unpaired) electrons. The molecule has 0 fully saturated rings. The first kappa shape index (κ1) is 34.3. The van der Waals surface area contributed by atoms with Gasteiger partial charge >= 0.3 is 0 Å². The van der Waals surface area contributed by atoms with Crippen LogP contribution < -0.4 is 32.3 Å². The zero-order chi connectivity index (χ0) is 31.9. The van der Waals surface area contributed by atoms with Gasteiger partial charge in [0.25, 0.3) is 0 Å². The number of hydrogen-bond donors (Lipinski definition) is 7. The molecule has 6 amide bonds. The predicted octanol–water partition coefficient (Wildman–Crippen LogP) is -0.584. The van der Waals surface area contributed by atoms with Crippen molar-refractivity contribution in [1.82, 2.24) is 26.6 Å². The highest BCUT2D eigenvalue weighted by Gasteiger charge is 2.27. The first-order valence-electron chi connectivity index (χ1n) is 13.9. The summed E-state index contributed by atoms with van der Waals surface area (Å²) in [6, 6.07) is 12.1. The van der Waals surface area contributed by atoms with Gasteiger partial charge in [0.1, 0.15) is 23.9 Å². The topological polar surface area (TPSA) is 209 Å². The zero-order valence-electron chi connectivity index (χ0n) is 24.5. The lowest BCUT2D eigenvalue weighted by Gasteiger charge is -2.23. The Morgan fingerprint density at radius 3 is 1.81 bits per heavy atom. The molecule has 0 saturated heterocycles. The van der Waals surface area contributed by atoms with Gasteiger partial charge in [-0.25, -0.2) is 0 Å². The number of nitrogens with one attached hydrogen (secondary N) is 5. The quantitative estimate of drug-likeness (QED) is 0.134. The van der Waals surface area contributed by atoms with E-state index in [1.54, 1.807) is 36.4 Å². The summed E-state index contributed by atoms with van der Waals surface area (Å²) in [6.07, 6.45) is 0.572. The van der Waals surface area contributed by atoms with Gasteiger partial charge in [-0.15, -0.1) is 0 Å². The third kappa shape index (κ3) is 13.1. The fourth-order valence-corrected chi connectivity index (χ4v) is 4.15. The molecule has 0 unspecified atom stereocenters. The fraction of sp³-hybridized carbons (Fsp3) is 0.400. The Kier molecular flexibility index (Phi) is 13.6. The second-order valence-electron chi connectivity index (χ2n) is 10.5. The van der Waals surface area contributed by atoms with Crippen molar-refractivity contribution in [2.24, 2.45) is 11.7 Å². The van der Waals surface area contributed by atoms with Crippen LogP contribution in [0.4, 0.5) is 0 Å². The Morgan fingerprint density at radius 2 is 1.26 bits per heavy atom. The Morgan fingerprint density at radius 1 is 0.698 bits per heavy atom. The highest BCUT2D eigenvalue weighted by molar-refractivity contribution is 5.94. The van der Waals surface area contributed by atoms with Crippen LogP contribution in [-0.2, 0) is 41.6 Å². The Labute approximate surface area is 250 Å². The summed E-state index contributed by atoms with van der Waals surface area (Å²) in [4.78, 5) is 74.3. The van der Waals surface area contributed by atoms with Crippen LogP contribution in [0.3, 0.4) is 0 Å². The molecule has 2 aromatic carbocycles. The number of nitrogens with two attached hydrogens (primary N) is 1. The molecule has 0 saturated carbocycles. The summed E-state index contributed by atoms with van der Waals surface area (Å²) >= 11 is 0. The van der Waals surface area contributed by atoms with E-state index in [1.807, 2.05) is 19.9 Å². The van der Waals surface area contributed by atoms with Crippen LogP contribution in [0.1, 0.15) is 38.3 Å². The largest absolute Gasteiger partial charge is 0.508 e. The molecule has 0 spiro atoms. The minimum atomic E-state index is -1.06. The van der Waals surface area contributed by atoms with E-state index in [0.717, 1.165) is 5.56 Å². The fourth-order valence-electron chi connectivity index (χ4n) is 4.15. The zero-order valence-corrected chi connectivity index (χ0v) is 24.5. The number of benzene rings is 2. The standard InChI is InChI=1S/C30H40N6O7/c1-18(2)13-23(28(31)41)36-30(43)25(14-20-7-5-4-6-8-20)35-27(40)17-32-26(39)16-33-29(42)24(34-19(3)37)15-21-9-11-22(38)12-10-21/h4-12,18,23-25,38H,13-17H2,1-3H3,(H2,31,41)(H,32,39)(H,33,42)(H,34,37)(H,35,40)(H,36,43)/t23-,24-,25-/m0/s1. The molecular weight excluding hydrogens is 556 g/mol. The number of phenols is 1. The normalized spacial score (nSPS) is 12.7. The van der Waals surface area contributed by atoms with Gasteiger partial charge in [-0.05, 0) is 35.6 Å². The molecule has 3 atom stereocenters. The van der Waals surface area contributed by atoms with Crippen LogP contribution in [0, 0.1) is 5.92 Å². The maximum Gasteiger partial charge on any atom is 0.243 e. The molecular formula is C30H40N6O7. The minimum Gasteiger partial charge on any atom is -0.508 e. The summed E-state index contributed by atoms with van der Waals surface area (Å²) in [6.45, 7) is 4.06. The lowest BCUT2D eigenvalue weighted by Crippen LogP contribution is -2.55. The Hall–Kier alpha value is -4.94. The summed E-state index contributed by atoms with van der Waals surface area (Å²) in [5, 5.41) is 22.0. The third-order valence-corrected chi connectivity index (χ3v) is 6.24. The van der Waals surface area contributed by atoms with Gasteiger partial charge in [-0.2, -0.15) is 0 Å². The van der Waals surface area contributed by atoms with Crippen molar-refractivity contribution in [3.05, 3.63) is 65.7 Å². The van der Waals surface area contributed by atoms with Gasteiger partial charge in [-0.3, -0.25) is 28.8 Å². The molecule has 0 heterocycles. The Balaban J connectivity index is 1.95. The third-order valence-electron chi connectivity index (χ3n) is 6.24. The molecule has 0 bridgehead atoms. The van der Waals surface area contributed by atoms with Crippen LogP contribution in [0.5, 0.6) is 5.75 Å². The van der Waals surface area contributed by atoms with E-state index in [1.165, 1.54) is 19.1 Å². The highest BCUT2D eigenvalue weighted by atomic mass is 16.3. The number of phenolic OH excluding ortho intramolecular Hbond substituents is 1. The van der Waals surface area contributed by atoms with Crippen LogP contribution in [0.25, 0.3) is 0 Å². The molecule has 2 aromatic rings. The number of rotatable bonds is 16. The van der Waals surface area contributed by atoms with E-state index in [9.17, 15) is 33.9 Å². The number of carbonyl (C=O) groups is 6. The molecule has 43 heavy (non-hydrogen) atoms. The SMILES string of the molecule is CC(=O)N[C@@H](Cc1ccc(O)cc1)C(=O)NCC(=O)NCC(=O)N[C@@H](Cc1ccccc1)C(=O)N[C@@H](CC(C)C)C(N)=O. The van der Waals surface area contributed by atoms with Crippen molar-refractivity contribution < 1.29 is 33.9 Å². The summed E-state index contributed by atoms with van der Waals surface area (Å²) < 4.78 is 0. The molecule has 232 valence electrons. The second-order valence-corrected chi connectivity index (χ2v) is 10.5. The maximum atomic E-state index is 13.1. The number of amides is 6. The van der Waals surface area contributed by atoms with Gasteiger partial charge in [0.05, 0.1) is 13.1 Å². The molecule has 2 rings (SSSR count). The molecule has 8 N–H and O–H groups in total. The number of hydrogen-bond acceptors (Lipinski definition) is 7. The van der Waals surface area contributed by atoms with Gasteiger partial charge in [0.2, 0.25) is 35.4 Å². The van der Waals surface area contributed by atoms with E-state index in [2.05, 4.69) is 26.6 Å². The van der Waals surface area contributed by atoms with Crippen molar-refractivity contribution in [1.29, 1.82) is 0 Å². The van der Waals surface area contributed by atoms with E-state index in [0.29, 0.717) is 12.0 Å². The summed E-state index contributed by atoms with van der Waals surface area (Å²) in [5.74, 6) is -3.56. The minimum absolute atomic E-state index is 0.0537. The van der Waals surface area contributed by atoms with Gasteiger partial charge < -0.3 is 37.4 Å². The van der Waals surface area contributed by atoms with E-state index >= 15 is 0 Å². The van der Waals surface area contributed by atoms with E-state index < -0.39 is 66.7 Å². The first-order chi connectivity index (χ1) is 20.3. The van der Waals surface area contributed by atoms with Crippen molar-refractivity contribution >= 4 is 35.4 Å². The molecule has 0 aliphatic carbocycles. The average Bonchev–Trinajstić information content (AvgIpc) is 2.94. The van der Waals surface area contributed by atoms with Crippen molar-refractivity contribution in [3.8, 4) is 5.75 Å². The molecule has 0 aliphatic rings. The average molecular weight is 597 g/mol. The maximum absolute atomic E-state index is 13.1. The molecule has 0 aliphatic heterocycles. The molecule has 13 nitrogen and oxygen atoms in total. The van der Waals surface area contributed by atoms with Crippen LogP contribution in [0.2, 0.25) is 0 Å².